The zero-order chi connectivity index (χ0) is 15.0. The van der Waals surface area contributed by atoms with Crippen LogP contribution in [0, 0.1) is 12.8 Å². The summed E-state index contributed by atoms with van der Waals surface area (Å²) in [5.41, 5.74) is 1.69. The molecule has 1 fully saturated rings. The molecule has 4 nitrogen and oxygen atoms in total. The molecule has 2 aromatic rings. The van der Waals surface area contributed by atoms with Gasteiger partial charge in [-0.2, -0.15) is 0 Å². The molecule has 1 saturated carbocycles. The molecule has 1 N–H and O–H groups in total. The average molecular weight is 325 g/mol. The maximum absolute atomic E-state index is 12.5. The number of hydrogen-bond donors (Lipinski definition) is 1. The van der Waals surface area contributed by atoms with Crippen molar-refractivity contribution in [3.05, 3.63) is 36.0 Å². The normalized spacial score (nSPS) is 22.2. The van der Waals surface area contributed by atoms with E-state index in [0.717, 1.165) is 23.9 Å². The summed E-state index contributed by atoms with van der Waals surface area (Å²) in [5, 5.41) is 0.859. The number of halogens is 1. The zero-order valence-electron chi connectivity index (χ0n) is 11.7. The van der Waals surface area contributed by atoms with Gasteiger partial charge in [-0.1, -0.05) is 6.07 Å². The maximum Gasteiger partial charge on any atom is 0.241 e. The average Bonchev–Trinajstić information content (AvgIpc) is 2.43. The predicted octanol–water partition coefficient (Wildman–Crippen LogP) is 2.84. The van der Waals surface area contributed by atoms with Crippen LogP contribution in [0.1, 0.15) is 18.4 Å². The first-order chi connectivity index (χ1) is 9.97. The van der Waals surface area contributed by atoms with E-state index in [4.69, 9.17) is 11.6 Å². The van der Waals surface area contributed by atoms with Gasteiger partial charge in [-0.3, -0.25) is 4.98 Å². The van der Waals surface area contributed by atoms with Crippen LogP contribution in [0.2, 0.25) is 0 Å². The Bertz CT molecular complexity index is 770. The lowest BCUT2D eigenvalue weighted by Gasteiger charge is -2.30. The molecule has 0 amide bonds. The summed E-state index contributed by atoms with van der Waals surface area (Å²) in [5.74, 6) is 0.345. The van der Waals surface area contributed by atoms with Crippen LogP contribution in [0.15, 0.2) is 35.4 Å². The quantitative estimate of drug-likeness (QED) is 0.880. The van der Waals surface area contributed by atoms with Crippen LogP contribution in [0.3, 0.4) is 0 Å². The van der Waals surface area contributed by atoms with Crippen LogP contribution in [-0.4, -0.2) is 25.3 Å². The second kappa shape index (κ2) is 5.55. The Balaban J connectivity index is 1.90. The highest BCUT2D eigenvalue weighted by Gasteiger charge is 2.29. The fourth-order valence-electron chi connectivity index (χ4n) is 2.65. The molecule has 112 valence electrons. The molecule has 1 aliphatic carbocycles. The number of sulfonamides is 1. The summed E-state index contributed by atoms with van der Waals surface area (Å²) >= 11 is 5.92. The van der Waals surface area contributed by atoms with Gasteiger partial charge < -0.3 is 0 Å². The van der Waals surface area contributed by atoms with Gasteiger partial charge in [0.1, 0.15) is 0 Å². The van der Waals surface area contributed by atoms with Gasteiger partial charge in [0.2, 0.25) is 10.0 Å². The number of hydrogen-bond acceptors (Lipinski definition) is 3. The van der Waals surface area contributed by atoms with Crippen molar-refractivity contribution in [2.45, 2.75) is 30.0 Å². The van der Waals surface area contributed by atoms with Crippen LogP contribution in [0.5, 0.6) is 0 Å². The van der Waals surface area contributed by atoms with Gasteiger partial charge in [0, 0.05) is 23.5 Å². The van der Waals surface area contributed by atoms with E-state index >= 15 is 0 Å². The third kappa shape index (κ3) is 2.91. The number of pyridine rings is 1. The van der Waals surface area contributed by atoms with Crippen LogP contribution in [-0.2, 0) is 10.0 Å². The fourth-order valence-corrected chi connectivity index (χ4v) is 4.46. The Kier molecular flexibility index (Phi) is 3.90. The van der Waals surface area contributed by atoms with Crippen molar-refractivity contribution in [1.82, 2.24) is 9.71 Å². The van der Waals surface area contributed by atoms with E-state index in [2.05, 4.69) is 9.71 Å². The molecule has 1 aromatic heterocycles. The van der Waals surface area contributed by atoms with Gasteiger partial charge in [-0.15, -0.1) is 11.6 Å². The molecule has 0 bridgehead atoms. The first-order valence-electron chi connectivity index (χ1n) is 6.95. The lowest BCUT2D eigenvalue weighted by Crippen LogP contribution is -2.36. The minimum atomic E-state index is -3.53. The van der Waals surface area contributed by atoms with E-state index in [9.17, 15) is 8.42 Å². The molecule has 3 rings (SSSR count). The largest absolute Gasteiger partial charge is 0.256 e. The Morgan fingerprint density at radius 2 is 2.10 bits per heavy atom. The summed E-state index contributed by atoms with van der Waals surface area (Å²) in [6.45, 7) is 2.37. The van der Waals surface area contributed by atoms with Crippen molar-refractivity contribution in [2.75, 3.05) is 6.54 Å². The van der Waals surface area contributed by atoms with Gasteiger partial charge >= 0.3 is 0 Å². The number of nitrogens with zero attached hydrogens (tertiary/aromatic N) is 1. The summed E-state index contributed by atoms with van der Waals surface area (Å²) in [4.78, 5) is 4.57. The van der Waals surface area contributed by atoms with Crippen molar-refractivity contribution in [2.24, 2.45) is 5.92 Å². The lowest BCUT2D eigenvalue weighted by atomic mass is 9.85. The molecule has 1 aliphatic rings. The number of benzene rings is 1. The van der Waals surface area contributed by atoms with Crippen LogP contribution in [0.25, 0.3) is 10.9 Å². The van der Waals surface area contributed by atoms with Crippen molar-refractivity contribution < 1.29 is 8.42 Å². The molecular weight excluding hydrogens is 308 g/mol. The number of alkyl halides is 1. The Morgan fingerprint density at radius 1 is 1.33 bits per heavy atom. The maximum atomic E-state index is 12.5. The number of aromatic nitrogens is 1. The zero-order valence-corrected chi connectivity index (χ0v) is 13.3. The van der Waals surface area contributed by atoms with Crippen molar-refractivity contribution in [3.63, 3.8) is 0 Å². The van der Waals surface area contributed by atoms with Crippen LogP contribution >= 0.6 is 11.6 Å². The highest BCUT2D eigenvalue weighted by atomic mass is 35.5. The monoisotopic (exact) mass is 324 g/mol. The number of rotatable bonds is 4. The standard InChI is InChI=1S/C15H17ClN2O2S/c1-10-4-5-14(13-3-2-6-17-15(10)13)21(19,20)18-9-11-7-12(16)8-11/h2-6,11-12,18H,7-9H2,1H3. The Labute approximate surface area is 129 Å². The fraction of sp³-hybridized carbons (Fsp3) is 0.400. The second-order valence-electron chi connectivity index (χ2n) is 5.57. The summed E-state index contributed by atoms with van der Waals surface area (Å²) in [6, 6.07) is 6.99. The van der Waals surface area contributed by atoms with Gasteiger partial charge in [0.05, 0.1) is 10.4 Å². The molecule has 1 aromatic carbocycles. The molecule has 0 spiro atoms. The Hall–Kier alpha value is -1.17. The number of nitrogens with one attached hydrogen (secondary N) is 1. The topological polar surface area (TPSA) is 59.1 Å². The molecule has 0 atom stereocenters. The molecule has 0 aliphatic heterocycles. The molecule has 6 heteroatoms. The Morgan fingerprint density at radius 3 is 2.81 bits per heavy atom. The first-order valence-corrected chi connectivity index (χ1v) is 8.87. The van der Waals surface area contributed by atoms with Gasteiger partial charge in [-0.25, -0.2) is 13.1 Å². The van der Waals surface area contributed by atoms with Gasteiger partial charge in [0.25, 0.3) is 0 Å². The minimum Gasteiger partial charge on any atom is -0.256 e. The lowest BCUT2D eigenvalue weighted by molar-refractivity contribution is 0.324. The van der Waals surface area contributed by atoms with E-state index in [0.29, 0.717) is 17.8 Å². The van der Waals surface area contributed by atoms with Gasteiger partial charge in [0.15, 0.2) is 0 Å². The molecule has 0 unspecified atom stereocenters. The van der Waals surface area contributed by atoms with E-state index < -0.39 is 10.0 Å². The van der Waals surface area contributed by atoms with Crippen molar-refractivity contribution in [1.29, 1.82) is 0 Å². The predicted molar refractivity (Wildman–Crippen MR) is 84.0 cm³/mol. The second-order valence-corrected chi connectivity index (χ2v) is 7.92. The minimum absolute atomic E-state index is 0.198. The van der Waals surface area contributed by atoms with E-state index in [-0.39, 0.29) is 10.3 Å². The van der Waals surface area contributed by atoms with E-state index in [1.54, 1.807) is 30.5 Å². The van der Waals surface area contributed by atoms with E-state index in [1.165, 1.54) is 0 Å². The van der Waals surface area contributed by atoms with Crippen molar-refractivity contribution >= 4 is 32.5 Å². The number of aryl methyl sites for hydroxylation is 1. The molecule has 0 radical (unpaired) electrons. The molecular formula is C15H17ClN2O2S. The smallest absolute Gasteiger partial charge is 0.241 e. The number of fused-ring (bicyclic) bond motifs is 1. The molecule has 1 heterocycles. The molecule has 21 heavy (non-hydrogen) atoms. The third-order valence-electron chi connectivity index (χ3n) is 3.96. The van der Waals surface area contributed by atoms with Crippen LogP contribution < -0.4 is 4.72 Å². The highest BCUT2D eigenvalue weighted by molar-refractivity contribution is 7.89. The SMILES string of the molecule is Cc1ccc(S(=O)(=O)NCC2CC(Cl)C2)c2cccnc12. The summed E-state index contributed by atoms with van der Waals surface area (Å²) in [6.07, 6.45) is 3.43. The highest BCUT2D eigenvalue weighted by Crippen LogP contribution is 2.31. The first kappa shape index (κ1) is 14.8. The summed E-state index contributed by atoms with van der Waals surface area (Å²) < 4.78 is 27.7. The van der Waals surface area contributed by atoms with Gasteiger partial charge in [-0.05, 0) is 49.4 Å². The van der Waals surface area contributed by atoms with Crippen LogP contribution in [0.4, 0.5) is 0 Å². The molecule has 0 saturated heterocycles. The summed E-state index contributed by atoms with van der Waals surface area (Å²) in [7, 11) is -3.53. The van der Waals surface area contributed by atoms with Crippen molar-refractivity contribution in [3.8, 4) is 0 Å². The van der Waals surface area contributed by atoms with E-state index in [1.807, 2.05) is 6.92 Å². The third-order valence-corrected chi connectivity index (χ3v) is 5.80.